The minimum atomic E-state index is -0.512. The molecule has 2 N–H and O–H groups in total. The molecule has 23 heavy (non-hydrogen) atoms. The SMILES string of the molecule is N#Cc1cccc(NC(=O)CC(=O)NCc2ccccc2F)c1. The van der Waals surface area contributed by atoms with E-state index in [1.807, 2.05) is 6.07 Å². The summed E-state index contributed by atoms with van der Waals surface area (Å²) in [5.74, 6) is -1.43. The van der Waals surface area contributed by atoms with E-state index in [-0.39, 0.29) is 13.0 Å². The van der Waals surface area contributed by atoms with Crippen LogP contribution in [0.3, 0.4) is 0 Å². The van der Waals surface area contributed by atoms with E-state index in [9.17, 15) is 14.0 Å². The highest BCUT2D eigenvalue weighted by Gasteiger charge is 2.10. The maximum atomic E-state index is 13.4. The second kappa shape index (κ2) is 7.71. The molecule has 0 aliphatic rings. The fourth-order valence-corrected chi connectivity index (χ4v) is 1.92. The van der Waals surface area contributed by atoms with Gasteiger partial charge in [0.15, 0.2) is 0 Å². The zero-order chi connectivity index (χ0) is 16.7. The van der Waals surface area contributed by atoms with Crippen LogP contribution in [0, 0.1) is 17.1 Å². The first kappa shape index (κ1) is 16.2. The van der Waals surface area contributed by atoms with Crippen molar-refractivity contribution in [2.24, 2.45) is 0 Å². The van der Waals surface area contributed by atoms with Crippen molar-refractivity contribution >= 4 is 17.5 Å². The predicted octanol–water partition coefficient (Wildman–Crippen LogP) is 2.34. The predicted molar refractivity (Wildman–Crippen MR) is 82.7 cm³/mol. The van der Waals surface area contributed by atoms with Crippen LogP contribution in [0.2, 0.25) is 0 Å². The third-order valence-electron chi connectivity index (χ3n) is 3.03. The van der Waals surface area contributed by atoms with E-state index in [4.69, 9.17) is 5.26 Å². The van der Waals surface area contributed by atoms with Crippen molar-refractivity contribution in [3.05, 3.63) is 65.5 Å². The molecular formula is C17H14FN3O2. The van der Waals surface area contributed by atoms with Crippen LogP contribution in [0.15, 0.2) is 48.5 Å². The number of amides is 2. The van der Waals surface area contributed by atoms with Gasteiger partial charge in [0.25, 0.3) is 0 Å². The molecule has 2 aromatic carbocycles. The largest absolute Gasteiger partial charge is 0.351 e. The summed E-state index contributed by atoms with van der Waals surface area (Å²) in [6, 6.07) is 14.4. The summed E-state index contributed by atoms with van der Waals surface area (Å²) in [7, 11) is 0. The maximum Gasteiger partial charge on any atom is 0.233 e. The molecule has 0 radical (unpaired) electrons. The van der Waals surface area contributed by atoms with Gasteiger partial charge in [-0.25, -0.2) is 4.39 Å². The number of carbonyl (C=O) groups is 2. The van der Waals surface area contributed by atoms with Gasteiger partial charge < -0.3 is 10.6 Å². The molecule has 5 nitrogen and oxygen atoms in total. The van der Waals surface area contributed by atoms with Crippen LogP contribution < -0.4 is 10.6 Å². The fourth-order valence-electron chi connectivity index (χ4n) is 1.92. The quantitative estimate of drug-likeness (QED) is 0.832. The lowest BCUT2D eigenvalue weighted by Gasteiger charge is -2.07. The van der Waals surface area contributed by atoms with Gasteiger partial charge in [-0.05, 0) is 24.3 Å². The lowest BCUT2D eigenvalue weighted by molar-refractivity contribution is -0.126. The van der Waals surface area contributed by atoms with Gasteiger partial charge in [-0.2, -0.15) is 5.26 Å². The van der Waals surface area contributed by atoms with Crippen molar-refractivity contribution in [3.8, 4) is 6.07 Å². The Morgan fingerprint density at radius 2 is 1.87 bits per heavy atom. The Morgan fingerprint density at radius 1 is 1.09 bits per heavy atom. The highest BCUT2D eigenvalue weighted by atomic mass is 19.1. The van der Waals surface area contributed by atoms with Crippen LogP contribution in [0.25, 0.3) is 0 Å². The van der Waals surface area contributed by atoms with Crippen molar-refractivity contribution in [1.82, 2.24) is 5.32 Å². The summed E-state index contributed by atoms with van der Waals surface area (Å²) in [6.07, 6.45) is -0.384. The Labute approximate surface area is 132 Å². The van der Waals surface area contributed by atoms with E-state index in [0.717, 1.165) is 0 Å². The van der Waals surface area contributed by atoms with Gasteiger partial charge in [0.1, 0.15) is 12.2 Å². The number of nitrogens with zero attached hydrogens (tertiary/aromatic N) is 1. The highest BCUT2D eigenvalue weighted by molar-refractivity contribution is 6.03. The standard InChI is InChI=1S/C17H14FN3O2/c18-15-7-2-1-5-13(15)11-20-16(22)9-17(23)21-14-6-3-4-12(8-14)10-19/h1-8H,9,11H2,(H,20,22)(H,21,23). The number of anilines is 1. The molecular weight excluding hydrogens is 297 g/mol. The molecule has 0 unspecified atom stereocenters. The van der Waals surface area contributed by atoms with Crippen LogP contribution in [-0.4, -0.2) is 11.8 Å². The fraction of sp³-hybridized carbons (Fsp3) is 0.118. The van der Waals surface area contributed by atoms with E-state index in [1.54, 1.807) is 36.4 Å². The van der Waals surface area contributed by atoms with Crippen molar-refractivity contribution in [2.45, 2.75) is 13.0 Å². The van der Waals surface area contributed by atoms with E-state index in [1.165, 1.54) is 12.1 Å². The first-order valence-corrected chi connectivity index (χ1v) is 6.88. The average molecular weight is 311 g/mol. The van der Waals surface area contributed by atoms with Gasteiger partial charge in [0.05, 0.1) is 11.6 Å². The molecule has 2 rings (SSSR count). The second-order valence-corrected chi connectivity index (χ2v) is 4.79. The van der Waals surface area contributed by atoms with Crippen LogP contribution in [-0.2, 0) is 16.1 Å². The molecule has 0 aliphatic carbocycles. The van der Waals surface area contributed by atoms with Gasteiger partial charge >= 0.3 is 0 Å². The number of nitrogens with one attached hydrogen (secondary N) is 2. The van der Waals surface area contributed by atoms with Gasteiger partial charge in [-0.15, -0.1) is 0 Å². The van der Waals surface area contributed by atoms with E-state index in [0.29, 0.717) is 16.8 Å². The molecule has 0 saturated carbocycles. The smallest absolute Gasteiger partial charge is 0.233 e. The normalized spacial score (nSPS) is 9.74. The monoisotopic (exact) mass is 311 g/mol. The van der Waals surface area contributed by atoms with E-state index < -0.39 is 17.6 Å². The van der Waals surface area contributed by atoms with Gasteiger partial charge in [-0.3, -0.25) is 9.59 Å². The van der Waals surface area contributed by atoms with Crippen LogP contribution >= 0.6 is 0 Å². The summed E-state index contributed by atoms with van der Waals surface area (Å²) in [6.45, 7) is 0.0166. The molecule has 2 amide bonds. The van der Waals surface area contributed by atoms with Gasteiger partial charge in [0.2, 0.25) is 11.8 Å². The highest BCUT2D eigenvalue weighted by Crippen LogP contribution is 2.10. The average Bonchev–Trinajstić information content (AvgIpc) is 2.54. The first-order valence-electron chi connectivity index (χ1n) is 6.88. The number of nitriles is 1. The number of carbonyl (C=O) groups excluding carboxylic acids is 2. The minimum absolute atomic E-state index is 0.0166. The molecule has 0 fully saturated rings. The van der Waals surface area contributed by atoms with Gasteiger partial charge in [0, 0.05) is 17.8 Å². The number of hydrogen-bond acceptors (Lipinski definition) is 3. The summed E-state index contributed by atoms with van der Waals surface area (Å²) < 4.78 is 13.4. The van der Waals surface area contributed by atoms with Crippen LogP contribution in [0.1, 0.15) is 17.5 Å². The summed E-state index contributed by atoms with van der Waals surface area (Å²) in [5.41, 5.74) is 1.20. The molecule has 0 saturated heterocycles. The van der Waals surface area contributed by atoms with Crippen molar-refractivity contribution < 1.29 is 14.0 Å². The molecule has 0 spiro atoms. The second-order valence-electron chi connectivity index (χ2n) is 4.79. The van der Waals surface area contributed by atoms with E-state index >= 15 is 0 Å². The maximum absolute atomic E-state index is 13.4. The van der Waals surface area contributed by atoms with E-state index in [2.05, 4.69) is 10.6 Å². The Bertz CT molecular complexity index is 768. The van der Waals surface area contributed by atoms with Crippen LogP contribution in [0.5, 0.6) is 0 Å². The molecule has 6 heteroatoms. The van der Waals surface area contributed by atoms with Gasteiger partial charge in [-0.1, -0.05) is 24.3 Å². The third kappa shape index (κ3) is 4.93. The molecule has 0 aliphatic heterocycles. The van der Waals surface area contributed by atoms with Crippen molar-refractivity contribution in [1.29, 1.82) is 5.26 Å². The Morgan fingerprint density at radius 3 is 2.61 bits per heavy atom. The lowest BCUT2D eigenvalue weighted by atomic mass is 10.2. The zero-order valence-electron chi connectivity index (χ0n) is 12.2. The number of rotatable bonds is 5. The molecule has 116 valence electrons. The lowest BCUT2D eigenvalue weighted by Crippen LogP contribution is -2.28. The third-order valence-corrected chi connectivity index (χ3v) is 3.03. The Hall–Kier alpha value is -3.20. The van der Waals surface area contributed by atoms with Crippen LogP contribution in [0.4, 0.5) is 10.1 Å². The molecule has 0 bridgehead atoms. The summed E-state index contributed by atoms with van der Waals surface area (Å²) >= 11 is 0. The first-order chi connectivity index (χ1) is 11.1. The summed E-state index contributed by atoms with van der Waals surface area (Å²) in [4.78, 5) is 23.5. The molecule has 0 heterocycles. The molecule has 0 aromatic heterocycles. The molecule has 2 aromatic rings. The Balaban J connectivity index is 1.84. The summed E-state index contributed by atoms with van der Waals surface area (Å²) in [5, 5.41) is 13.8. The number of halogens is 1. The Kier molecular flexibility index (Phi) is 5.42. The number of benzene rings is 2. The molecule has 0 atom stereocenters. The minimum Gasteiger partial charge on any atom is -0.351 e. The zero-order valence-corrected chi connectivity index (χ0v) is 12.2. The van der Waals surface area contributed by atoms with Crippen molar-refractivity contribution in [2.75, 3.05) is 5.32 Å². The van der Waals surface area contributed by atoms with Crippen molar-refractivity contribution in [3.63, 3.8) is 0 Å². The topological polar surface area (TPSA) is 82.0 Å². The number of hydrogen-bond donors (Lipinski definition) is 2.